The van der Waals surface area contributed by atoms with Crippen LogP contribution >= 0.6 is 11.6 Å². The number of halogens is 1. The molecule has 2 aromatic rings. The molecule has 2 fully saturated rings. The van der Waals surface area contributed by atoms with Gasteiger partial charge in [0, 0.05) is 44.5 Å². The third-order valence-electron chi connectivity index (χ3n) is 6.11. The van der Waals surface area contributed by atoms with Crippen molar-refractivity contribution in [1.82, 2.24) is 24.6 Å². The largest absolute Gasteiger partial charge is 0.396 e. The Balaban J connectivity index is 1.63. The Labute approximate surface area is 168 Å². The van der Waals surface area contributed by atoms with E-state index in [1.807, 2.05) is 0 Å². The lowest BCUT2D eigenvalue weighted by Gasteiger charge is -2.54. The molecule has 28 heavy (non-hydrogen) atoms. The van der Waals surface area contributed by atoms with Crippen LogP contribution in [-0.2, 0) is 7.05 Å². The molecule has 2 atom stereocenters. The number of carbonyl (C=O) groups excluding carboxylic acids is 2. The number of nitrogens with one attached hydrogen (secondary N) is 1. The molecule has 2 aliphatic rings. The first-order chi connectivity index (χ1) is 13.4. The highest BCUT2D eigenvalue weighted by atomic mass is 35.5. The van der Waals surface area contributed by atoms with Crippen molar-refractivity contribution in [3.05, 3.63) is 40.9 Å². The second-order valence-corrected chi connectivity index (χ2v) is 8.13. The number of aromatic amines is 1. The molecule has 0 unspecified atom stereocenters. The summed E-state index contributed by atoms with van der Waals surface area (Å²) in [5, 5.41) is 14.7. The van der Waals surface area contributed by atoms with Crippen LogP contribution in [-0.4, -0.2) is 73.8 Å². The molecule has 2 amide bonds. The highest BCUT2D eigenvalue weighted by Gasteiger charge is 2.50. The van der Waals surface area contributed by atoms with Crippen molar-refractivity contribution in [2.75, 3.05) is 26.2 Å². The van der Waals surface area contributed by atoms with Crippen LogP contribution in [0.25, 0.3) is 0 Å². The Morgan fingerprint density at radius 1 is 1.36 bits per heavy atom. The van der Waals surface area contributed by atoms with Gasteiger partial charge >= 0.3 is 0 Å². The molecular formula is C19H24ClN5O3. The van der Waals surface area contributed by atoms with E-state index >= 15 is 0 Å². The summed E-state index contributed by atoms with van der Waals surface area (Å²) in [7, 11) is 1.72. The van der Waals surface area contributed by atoms with Crippen LogP contribution in [0.2, 0.25) is 5.02 Å². The molecule has 0 radical (unpaired) electrons. The number of aliphatic hydroxyl groups excluding tert-OH is 1. The first-order valence-electron chi connectivity index (χ1n) is 9.49. The van der Waals surface area contributed by atoms with Crippen LogP contribution < -0.4 is 0 Å². The summed E-state index contributed by atoms with van der Waals surface area (Å²) in [6.07, 6.45) is 5.60. The SMILES string of the molecule is Cn1cc(Cl)c(C(=O)N2CCC[C@@]3(CO)CCN(C(=O)c4ccc[nH]4)C[C@H]23)n1. The van der Waals surface area contributed by atoms with Gasteiger partial charge in [-0.05, 0) is 31.4 Å². The number of piperidine rings is 2. The van der Waals surface area contributed by atoms with Crippen molar-refractivity contribution in [3.63, 3.8) is 0 Å². The Morgan fingerprint density at radius 2 is 2.18 bits per heavy atom. The van der Waals surface area contributed by atoms with E-state index in [4.69, 9.17) is 11.6 Å². The number of fused-ring (bicyclic) bond motifs is 1. The topological polar surface area (TPSA) is 94.5 Å². The van der Waals surface area contributed by atoms with Gasteiger partial charge in [-0.25, -0.2) is 0 Å². The lowest BCUT2D eigenvalue weighted by atomic mass is 9.68. The van der Waals surface area contributed by atoms with E-state index < -0.39 is 5.41 Å². The van der Waals surface area contributed by atoms with Gasteiger partial charge in [0.15, 0.2) is 5.69 Å². The average Bonchev–Trinajstić information content (AvgIpc) is 3.35. The number of carbonyl (C=O) groups is 2. The molecule has 2 saturated heterocycles. The summed E-state index contributed by atoms with van der Waals surface area (Å²) in [6.45, 7) is 1.49. The van der Waals surface area contributed by atoms with Crippen molar-refractivity contribution in [1.29, 1.82) is 0 Å². The molecule has 0 bridgehead atoms. The van der Waals surface area contributed by atoms with E-state index in [2.05, 4.69) is 10.1 Å². The average molecular weight is 406 g/mol. The van der Waals surface area contributed by atoms with E-state index in [0.717, 1.165) is 12.8 Å². The highest BCUT2D eigenvalue weighted by Crippen LogP contribution is 2.43. The number of hydrogen-bond acceptors (Lipinski definition) is 4. The second kappa shape index (κ2) is 7.25. The molecule has 9 heteroatoms. The second-order valence-electron chi connectivity index (χ2n) is 7.72. The normalized spacial score (nSPS) is 24.9. The Morgan fingerprint density at radius 3 is 2.82 bits per heavy atom. The fourth-order valence-electron chi connectivity index (χ4n) is 4.56. The molecular weight excluding hydrogens is 382 g/mol. The highest BCUT2D eigenvalue weighted by molar-refractivity contribution is 6.33. The number of aromatic nitrogens is 3. The van der Waals surface area contributed by atoms with Crippen molar-refractivity contribution >= 4 is 23.4 Å². The molecule has 0 aromatic carbocycles. The minimum Gasteiger partial charge on any atom is -0.396 e. The van der Waals surface area contributed by atoms with Gasteiger partial charge in [-0.2, -0.15) is 5.10 Å². The molecule has 2 aromatic heterocycles. The maximum Gasteiger partial charge on any atom is 0.276 e. The minimum atomic E-state index is -0.401. The zero-order valence-electron chi connectivity index (χ0n) is 15.8. The van der Waals surface area contributed by atoms with E-state index in [0.29, 0.717) is 36.8 Å². The predicted octanol–water partition coefficient (Wildman–Crippen LogP) is 1.53. The summed E-state index contributed by atoms with van der Waals surface area (Å²) >= 11 is 6.20. The third kappa shape index (κ3) is 3.10. The van der Waals surface area contributed by atoms with Crippen molar-refractivity contribution in [3.8, 4) is 0 Å². The summed E-state index contributed by atoms with van der Waals surface area (Å²) in [5.74, 6) is -0.340. The number of hydrogen-bond donors (Lipinski definition) is 2. The summed E-state index contributed by atoms with van der Waals surface area (Å²) in [6, 6.07) is 3.26. The van der Waals surface area contributed by atoms with Gasteiger partial charge in [0.2, 0.25) is 0 Å². The number of aryl methyl sites for hydroxylation is 1. The van der Waals surface area contributed by atoms with Crippen LogP contribution in [0.1, 0.15) is 40.2 Å². The smallest absolute Gasteiger partial charge is 0.276 e. The number of amides is 2. The Bertz CT molecular complexity index is 880. The fourth-order valence-corrected chi connectivity index (χ4v) is 4.82. The maximum absolute atomic E-state index is 13.2. The van der Waals surface area contributed by atoms with Gasteiger partial charge < -0.3 is 19.9 Å². The zero-order chi connectivity index (χ0) is 19.9. The van der Waals surface area contributed by atoms with Crippen LogP contribution in [0, 0.1) is 5.41 Å². The zero-order valence-corrected chi connectivity index (χ0v) is 16.5. The summed E-state index contributed by atoms with van der Waals surface area (Å²) in [5.41, 5.74) is 0.338. The monoisotopic (exact) mass is 405 g/mol. The van der Waals surface area contributed by atoms with Crippen LogP contribution in [0.3, 0.4) is 0 Å². The Hall–Kier alpha value is -2.32. The Kier molecular flexibility index (Phi) is 4.93. The molecule has 2 aliphatic heterocycles. The fraction of sp³-hybridized carbons (Fsp3) is 0.526. The quantitative estimate of drug-likeness (QED) is 0.809. The third-order valence-corrected chi connectivity index (χ3v) is 6.38. The molecule has 0 saturated carbocycles. The van der Waals surface area contributed by atoms with Gasteiger partial charge in [0.1, 0.15) is 5.69 Å². The van der Waals surface area contributed by atoms with Crippen molar-refractivity contribution < 1.29 is 14.7 Å². The number of likely N-dealkylation sites (tertiary alicyclic amines) is 2. The van der Waals surface area contributed by atoms with E-state index in [1.54, 1.807) is 41.4 Å². The van der Waals surface area contributed by atoms with Gasteiger partial charge in [-0.15, -0.1) is 0 Å². The molecule has 4 rings (SSSR count). The van der Waals surface area contributed by atoms with E-state index in [9.17, 15) is 14.7 Å². The van der Waals surface area contributed by atoms with Gasteiger partial charge in [0.25, 0.3) is 11.8 Å². The van der Waals surface area contributed by atoms with Crippen LogP contribution in [0.4, 0.5) is 0 Å². The number of H-pyrrole nitrogens is 1. The van der Waals surface area contributed by atoms with E-state index in [-0.39, 0.29) is 30.2 Å². The van der Waals surface area contributed by atoms with Crippen LogP contribution in [0.5, 0.6) is 0 Å². The van der Waals surface area contributed by atoms with Crippen molar-refractivity contribution in [2.24, 2.45) is 12.5 Å². The lowest BCUT2D eigenvalue weighted by molar-refractivity contribution is -0.0581. The van der Waals surface area contributed by atoms with Crippen molar-refractivity contribution in [2.45, 2.75) is 25.3 Å². The predicted molar refractivity (Wildman–Crippen MR) is 103 cm³/mol. The molecule has 8 nitrogen and oxygen atoms in total. The number of nitrogens with zero attached hydrogens (tertiary/aromatic N) is 4. The van der Waals surface area contributed by atoms with Gasteiger partial charge in [0.05, 0.1) is 17.7 Å². The van der Waals surface area contributed by atoms with Crippen LogP contribution in [0.15, 0.2) is 24.5 Å². The van der Waals surface area contributed by atoms with E-state index in [1.165, 1.54) is 4.68 Å². The minimum absolute atomic E-state index is 0.0120. The number of aliphatic hydroxyl groups is 1. The molecule has 4 heterocycles. The maximum atomic E-state index is 13.2. The standard InChI is InChI=1S/C19H24ClN5O3/c1-23-10-13(20)16(22-23)18(28)25-8-3-5-19(12-26)6-9-24(11-15(19)25)17(27)14-4-2-7-21-14/h2,4,7,10,15,21,26H,3,5-6,8-9,11-12H2,1H3/t15-,19-/m0/s1. The molecule has 0 spiro atoms. The lowest BCUT2D eigenvalue weighted by Crippen LogP contribution is -2.64. The summed E-state index contributed by atoms with van der Waals surface area (Å²) in [4.78, 5) is 32.5. The van der Waals surface area contributed by atoms with Gasteiger partial charge in [-0.3, -0.25) is 14.3 Å². The summed E-state index contributed by atoms with van der Waals surface area (Å²) < 4.78 is 1.51. The van der Waals surface area contributed by atoms with Gasteiger partial charge in [-0.1, -0.05) is 11.6 Å². The molecule has 2 N–H and O–H groups in total. The number of rotatable bonds is 3. The first kappa shape index (κ1) is 19.0. The first-order valence-corrected chi connectivity index (χ1v) is 9.86. The molecule has 150 valence electrons. The molecule has 0 aliphatic carbocycles.